The summed E-state index contributed by atoms with van der Waals surface area (Å²) in [5, 5.41) is 9.06. The van der Waals surface area contributed by atoms with Gasteiger partial charge in [0.25, 0.3) is 0 Å². The largest absolute Gasteiger partial charge is 0.493 e. The van der Waals surface area contributed by atoms with E-state index in [-0.39, 0.29) is 24.7 Å². The summed E-state index contributed by atoms with van der Waals surface area (Å²) >= 11 is 0. The number of carbonyl (C=O) groups is 1. The fourth-order valence-electron chi connectivity index (χ4n) is 3.81. The van der Waals surface area contributed by atoms with Crippen molar-refractivity contribution in [3.05, 3.63) is 89.4 Å². The Balaban J connectivity index is 1.24. The third-order valence-corrected chi connectivity index (χ3v) is 5.61. The molecule has 0 aliphatic carbocycles. The number of benzene rings is 3. The van der Waals surface area contributed by atoms with E-state index in [1.54, 1.807) is 54.6 Å². The van der Waals surface area contributed by atoms with Crippen molar-refractivity contribution < 1.29 is 32.9 Å². The molecule has 0 spiro atoms. The average molecular weight is 498 g/mol. The Morgan fingerprint density at radius 3 is 2.65 bits per heavy atom. The summed E-state index contributed by atoms with van der Waals surface area (Å²) < 4.78 is 33.5. The second kappa shape index (κ2) is 10.7. The van der Waals surface area contributed by atoms with E-state index in [2.05, 4.69) is 11.1 Å². The molecule has 0 bridgehead atoms. The van der Waals surface area contributed by atoms with Gasteiger partial charge in [0.05, 0.1) is 18.7 Å². The number of carbonyl (C=O) groups excluding carboxylic acids is 1. The van der Waals surface area contributed by atoms with Crippen molar-refractivity contribution in [1.29, 1.82) is 5.26 Å². The highest BCUT2D eigenvalue weighted by molar-refractivity contribution is 5.93. The maximum atomic E-state index is 12.8. The third-order valence-electron chi connectivity index (χ3n) is 5.61. The summed E-state index contributed by atoms with van der Waals surface area (Å²) in [6.45, 7) is 1.20. The molecule has 9 nitrogen and oxygen atoms in total. The van der Waals surface area contributed by atoms with Crippen LogP contribution < -0.4 is 18.9 Å². The fourth-order valence-corrected chi connectivity index (χ4v) is 3.81. The SMILES string of the molecule is COc1cc(COC(=O)c2ncoc2-c2ccc3c(c2)OCCO3)ccc1OCc1cccc(C#N)c1. The lowest BCUT2D eigenvalue weighted by Crippen LogP contribution is -2.15. The lowest BCUT2D eigenvalue weighted by atomic mass is 10.1. The smallest absolute Gasteiger partial charge is 0.361 e. The Morgan fingerprint density at radius 2 is 1.81 bits per heavy atom. The zero-order chi connectivity index (χ0) is 25.6. The molecule has 0 amide bonds. The van der Waals surface area contributed by atoms with E-state index in [1.165, 1.54) is 13.5 Å². The van der Waals surface area contributed by atoms with Gasteiger partial charge in [0.2, 0.25) is 0 Å². The van der Waals surface area contributed by atoms with Gasteiger partial charge in [-0.15, -0.1) is 0 Å². The lowest BCUT2D eigenvalue weighted by molar-refractivity contribution is 0.0466. The molecular formula is C28H22N2O7. The molecule has 1 aromatic heterocycles. The van der Waals surface area contributed by atoms with Crippen LogP contribution in [0.5, 0.6) is 23.0 Å². The van der Waals surface area contributed by atoms with E-state index in [0.717, 1.165) is 5.56 Å². The highest BCUT2D eigenvalue weighted by Crippen LogP contribution is 2.36. The van der Waals surface area contributed by atoms with Crippen LogP contribution >= 0.6 is 0 Å². The number of methoxy groups -OCH3 is 1. The second-order valence-electron chi connectivity index (χ2n) is 8.05. The number of ether oxygens (including phenoxy) is 5. The summed E-state index contributed by atoms with van der Waals surface area (Å²) in [5.41, 5.74) is 2.81. The summed E-state index contributed by atoms with van der Waals surface area (Å²) in [6, 6.07) is 19.8. The van der Waals surface area contributed by atoms with Gasteiger partial charge in [0.1, 0.15) is 26.4 Å². The number of nitriles is 1. The first-order valence-corrected chi connectivity index (χ1v) is 11.4. The number of nitrogens with zero attached hydrogens (tertiary/aromatic N) is 2. The minimum absolute atomic E-state index is 0.00682. The minimum Gasteiger partial charge on any atom is -0.493 e. The molecule has 0 fully saturated rings. The van der Waals surface area contributed by atoms with Gasteiger partial charge in [-0.3, -0.25) is 0 Å². The van der Waals surface area contributed by atoms with Gasteiger partial charge in [-0.05, 0) is 53.6 Å². The molecule has 1 aliphatic heterocycles. The van der Waals surface area contributed by atoms with Crippen LogP contribution in [-0.4, -0.2) is 31.3 Å². The molecule has 0 N–H and O–H groups in total. The number of oxazole rings is 1. The van der Waals surface area contributed by atoms with Gasteiger partial charge >= 0.3 is 5.97 Å². The van der Waals surface area contributed by atoms with Crippen molar-refractivity contribution in [2.24, 2.45) is 0 Å². The first-order chi connectivity index (χ1) is 18.1. The van der Waals surface area contributed by atoms with Crippen molar-refractivity contribution in [2.45, 2.75) is 13.2 Å². The van der Waals surface area contributed by atoms with E-state index >= 15 is 0 Å². The summed E-state index contributed by atoms with van der Waals surface area (Å²) in [6.07, 6.45) is 1.20. The van der Waals surface area contributed by atoms with Crippen LogP contribution in [0.3, 0.4) is 0 Å². The van der Waals surface area contributed by atoms with Gasteiger partial charge in [0, 0.05) is 5.56 Å². The third kappa shape index (κ3) is 5.33. The molecule has 186 valence electrons. The Bertz CT molecular complexity index is 1470. The molecule has 3 aromatic carbocycles. The average Bonchev–Trinajstić information content (AvgIpc) is 3.45. The van der Waals surface area contributed by atoms with E-state index in [4.69, 9.17) is 33.4 Å². The number of fused-ring (bicyclic) bond motifs is 1. The molecule has 0 saturated heterocycles. The number of aromatic nitrogens is 1. The number of hydrogen-bond donors (Lipinski definition) is 0. The predicted octanol–water partition coefficient (Wildman–Crippen LogP) is 4.93. The summed E-state index contributed by atoms with van der Waals surface area (Å²) in [7, 11) is 1.53. The monoisotopic (exact) mass is 498 g/mol. The Labute approximate surface area is 212 Å². The highest BCUT2D eigenvalue weighted by Gasteiger charge is 2.22. The molecule has 37 heavy (non-hydrogen) atoms. The van der Waals surface area contributed by atoms with E-state index in [0.29, 0.717) is 52.9 Å². The van der Waals surface area contributed by atoms with Gasteiger partial charge in [-0.25, -0.2) is 9.78 Å². The first-order valence-electron chi connectivity index (χ1n) is 11.4. The molecule has 2 heterocycles. The number of rotatable bonds is 8. The summed E-state index contributed by atoms with van der Waals surface area (Å²) in [5.74, 6) is 1.88. The molecular weight excluding hydrogens is 476 g/mol. The molecule has 4 aromatic rings. The zero-order valence-electron chi connectivity index (χ0n) is 19.9. The van der Waals surface area contributed by atoms with Crippen molar-refractivity contribution in [1.82, 2.24) is 4.98 Å². The standard InChI is InChI=1S/C28H22N2O7/c1-32-24-12-20(5-7-22(24)35-15-19-4-2-3-18(11-19)14-29)16-36-28(31)26-27(37-17-30-26)21-6-8-23-25(13-21)34-10-9-33-23/h2-8,11-13,17H,9-10,15-16H2,1H3. The molecule has 9 heteroatoms. The molecule has 0 unspecified atom stereocenters. The number of hydrogen-bond acceptors (Lipinski definition) is 9. The minimum atomic E-state index is -0.629. The maximum Gasteiger partial charge on any atom is 0.361 e. The lowest BCUT2D eigenvalue weighted by Gasteiger charge is -2.18. The van der Waals surface area contributed by atoms with Crippen molar-refractivity contribution in [3.8, 4) is 40.4 Å². The van der Waals surface area contributed by atoms with Crippen LogP contribution in [0.25, 0.3) is 11.3 Å². The molecule has 5 rings (SSSR count). The van der Waals surface area contributed by atoms with Gasteiger partial charge in [0.15, 0.2) is 40.8 Å². The molecule has 0 saturated carbocycles. The first kappa shape index (κ1) is 23.8. The van der Waals surface area contributed by atoms with Crippen LogP contribution in [0.2, 0.25) is 0 Å². The Kier molecular flexibility index (Phi) is 6.90. The van der Waals surface area contributed by atoms with E-state index in [9.17, 15) is 4.79 Å². The van der Waals surface area contributed by atoms with Crippen LogP contribution in [0.4, 0.5) is 0 Å². The van der Waals surface area contributed by atoms with Gasteiger partial charge in [-0.1, -0.05) is 18.2 Å². The Morgan fingerprint density at radius 1 is 0.973 bits per heavy atom. The van der Waals surface area contributed by atoms with E-state index in [1.807, 2.05) is 6.07 Å². The molecule has 0 radical (unpaired) electrons. The maximum absolute atomic E-state index is 12.8. The normalized spacial score (nSPS) is 11.9. The topological polar surface area (TPSA) is 113 Å². The van der Waals surface area contributed by atoms with Gasteiger partial charge < -0.3 is 28.1 Å². The Hall–Kier alpha value is -4.97. The molecule has 0 atom stereocenters. The van der Waals surface area contributed by atoms with Crippen molar-refractivity contribution >= 4 is 5.97 Å². The van der Waals surface area contributed by atoms with Gasteiger partial charge in [-0.2, -0.15) is 5.26 Å². The number of esters is 1. The van der Waals surface area contributed by atoms with Crippen molar-refractivity contribution in [3.63, 3.8) is 0 Å². The van der Waals surface area contributed by atoms with Crippen LogP contribution in [0, 0.1) is 11.3 Å². The van der Waals surface area contributed by atoms with Crippen molar-refractivity contribution in [2.75, 3.05) is 20.3 Å². The predicted molar refractivity (Wildman–Crippen MR) is 131 cm³/mol. The molecule has 1 aliphatic rings. The van der Waals surface area contributed by atoms with E-state index < -0.39 is 5.97 Å². The summed E-state index contributed by atoms with van der Waals surface area (Å²) in [4.78, 5) is 16.9. The second-order valence-corrected chi connectivity index (χ2v) is 8.05. The highest BCUT2D eigenvalue weighted by atomic mass is 16.6. The fraction of sp³-hybridized carbons (Fsp3) is 0.179. The quantitative estimate of drug-likeness (QED) is 0.312. The zero-order valence-corrected chi connectivity index (χ0v) is 19.9. The van der Waals surface area contributed by atoms with Crippen LogP contribution in [0.1, 0.15) is 27.2 Å². The van der Waals surface area contributed by atoms with Crippen LogP contribution in [-0.2, 0) is 18.0 Å². The van der Waals surface area contributed by atoms with Crippen LogP contribution in [0.15, 0.2) is 71.5 Å².